The number of nitrogens with one attached hydrogen (secondary N) is 1. The van der Waals surface area contributed by atoms with Gasteiger partial charge in [-0.15, -0.1) is 11.3 Å². The first-order valence-corrected chi connectivity index (χ1v) is 10.3. The van der Waals surface area contributed by atoms with Crippen LogP contribution in [0.3, 0.4) is 0 Å². The molecule has 0 saturated heterocycles. The van der Waals surface area contributed by atoms with Crippen LogP contribution in [0.4, 0.5) is 0 Å². The normalized spacial score (nSPS) is 11.2. The summed E-state index contributed by atoms with van der Waals surface area (Å²) in [5.74, 6) is -0.403. The van der Waals surface area contributed by atoms with Gasteiger partial charge in [-0.25, -0.2) is 10.4 Å². The number of rotatable bonds is 5. The van der Waals surface area contributed by atoms with Crippen LogP contribution in [0.15, 0.2) is 81.4 Å². The summed E-state index contributed by atoms with van der Waals surface area (Å²) in [7, 11) is 0. The van der Waals surface area contributed by atoms with Crippen LogP contribution in [0.5, 0.6) is 0 Å². The summed E-state index contributed by atoms with van der Waals surface area (Å²) in [6.07, 6.45) is 2.94. The van der Waals surface area contributed by atoms with E-state index in [1.165, 1.54) is 22.2 Å². The molecule has 4 rings (SSSR count). The minimum atomic E-state index is -0.403. The molecule has 0 spiro atoms. The van der Waals surface area contributed by atoms with Gasteiger partial charge in [-0.05, 0) is 29.3 Å². The minimum Gasteiger partial charge on any atom is -0.289 e. The number of hydrogen-bond donors (Lipinski definition) is 1. The Morgan fingerprint density at radius 1 is 1.17 bits per heavy atom. The quantitative estimate of drug-likeness (QED) is 0.356. The molecular formula is C21H15BrN4O2S. The second-order valence-corrected chi connectivity index (χ2v) is 8.16. The van der Waals surface area contributed by atoms with E-state index in [-0.39, 0.29) is 12.1 Å². The molecule has 2 aromatic heterocycles. The smallest absolute Gasteiger partial charge is 0.262 e. The van der Waals surface area contributed by atoms with Crippen LogP contribution in [-0.4, -0.2) is 21.7 Å². The van der Waals surface area contributed by atoms with Gasteiger partial charge in [0, 0.05) is 9.35 Å². The zero-order chi connectivity index (χ0) is 20.2. The molecule has 6 nitrogen and oxygen atoms in total. The lowest BCUT2D eigenvalue weighted by Gasteiger charge is -2.03. The predicted molar refractivity (Wildman–Crippen MR) is 119 cm³/mol. The summed E-state index contributed by atoms with van der Waals surface area (Å²) >= 11 is 4.81. The maximum atomic E-state index is 12.7. The third-order valence-electron chi connectivity index (χ3n) is 4.16. The molecule has 0 bridgehead atoms. The van der Waals surface area contributed by atoms with Crippen LogP contribution in [0, 0.1) is 0 Å². The number of thiophene rings is 1. The number of hydrogen-bond acceptors (Lipinski definition) is 5. The third kappa shape index (κ3) is 4.49. The van der Waals surface area contributed by atoms with Crippen LogP contribution < -0.4 is 11.0 Å². The number of amides is 1. The molecule has 8 heteroatoms. The lowest BCUT2D eigenvalue weighted by molar-refractivity contribution is -0.121. The highest BCUT2D eigenvalue weighted by molar-refractivity contribution is 9.10. The van der Waals surface area contributed by atoms with Crippen molar-refractivity contribution in [3.8, 4) is 10.4 Å². The molecule has 144 valence electrons. The zero-order valence-corrected chi connectivity index (χ0v) is 17.5. The van der Waals surface area contributed by atoms with Crippen molar-refractivity contribution in [2.45, 2.75) is 6.54 Å². The second-order valence-electron chi connectivity index (χ2n) is 6.22. The zero-order valence-electron chi connectivity index (χ0n) is 15.1. The lowest BCUT2D eigenvalue weighted by Crippen LogP contribution is -2.29. The summed E-state index contributed by atoms with van der Waals surface area (Å²) in [6, 6.07) is 19.1. The van der Waals surface area contributed by atoms with Crippen molar-refractivity contribution in [2.75, 3.05) is 0 Å². The van der Waals surface area contributed by atoms with E-state index in [0.29, 0.717) is 10.2 Å². The molecule has 2 aromatic carbocycles. The Morgan fingerprint density at radius 3 is 2.69 bits per heavy atom. The monoisotopic (exact) mass is 466 g/mol. The van der Waals surface area contributed by atoms with Crippen molar-refractivity contribution in [2.24, 2.45) is 5.10 Å². The van der Waals surface area contributed by atoms with Gasteiger partial charge in [-0.1, -0.05) is 58.4 Å². The Balaban J connectivity index is 1.49. The maximum absolute atomic E-state index is 12.7. The fourth-order valence-corrected chi connectivity index (χ4v) is 3.99. The molecule has 0 aliphatic carbocycles. The van der Waals surface area contributed by atoms with Crippen LogP contribution >= 0.6 is 27.3 Å². The van der Waals surface area contributed by atoms with E-state index >= 15 is 0 Å². The second kappa shape index (κ2) is 8.50. The molecule has 1 amide bonds. The van der Waals surface area contributed by atoms with E-state index < -0.39 is 5.91 Å². The van der Waals surface area contributed by atoms with Gasteiger partial charge in [0.15, 0.2) is 0 Å². The summed E-state index contributed by atoms with van der Waals surface area (Å²) in [4.78, 5) is 30.8. The van der Waals surface area contributed by atoms with E-state index in [4.69, 9.17) is 0 Å². The van der Waals surface area contributed by atoms with Gasteiger partial charge in [0.1, 0.15) is 11.4 Å². The van der Waals surface area contributed by atoms with Crippen molar-refractivity contribution in [3.05, 3.63) is 87.4 Å². The lowest BCUT2D eigenvalue weighted by atomic mass is 10.2. The number of carbonyl (C=O) groups is 1. The maximum Gasteiger partial charge on any atom is 0.262 e. The van der Waals surface area contributed by atoms with Gasteiger partial charge in [-0.2, -0.15) is 5.10 Å². The van der Waals surface area contributed by atoms with Crippen molar-refractivity contribution >= 4 is 49.6 Å². The molecule has 2 heterocycles. The van der Waals surface area contributed by atoms with E-state index in [9.17, 15) is 9.59 Å². The van der Waals surface area contributed by atoms with Crippen LogP contribution in [-0.2, 0) is 11.3 Å². The molecule has 0 atom stereocenters. The number of hydrazone groups is 1. The van der Waals surface area contributed by atoms with Crippen LogP contribution in [0.2, 0.25) is 0 Å². The van der Waals surface area contributed by atoms with E-state index in [1.807, 2.05) is 60.7 Å². The molecule has 1 N–H and O–H groups in total. The van der Waals surface area contributed by atoms with Crippen molar-refractivity contribution in [3.63, 3.8) is 0 Å². The highest BCUT2D eigenvalue weighted by atomic mass is 79.9. The van der Waals surface area contributed by atoms with Gasteiger partial charge in [0.25, 0.3) is 11.5 Å². The Kier molecular flexibility index (Phi) is 5.64. The number of carbonyl (C=O) groups excluding carboxylic acids is 1. The first kappa shape index (κ1) is 19.2. The summed E-state index contributed by atoms with van der Waals surface area (Å²) < 4.78 is 2.25. The first-order chi connectivity index (χ1) is 14.1. The molecule has 29 heavy (non-hydrogen) atoms. The molecular weight excluding hydrogens is 452 g/mol. The Bertz CT molecular complexity index is 1250. The molecule has 0 unspecified atom stereocenters. The van der Waals surface area contributed by atoms with Gasteiger partial charge < -0.3 is 0 Å². The molecule has 0 radical (unpaired) electrons. The van der Waals surface area contributed by atoms with Gasteiger partial charge in [0.05, 0.1) is 17.9 Å². The average molecular weight is 467 g/mol. The van der Waals surface area contributed by atoms with Crippen LogP contribution in [0.1, 0.15) is 5.56 Å². The number of fused-ring (bicyclic) bond motifs is 1. The van der Waals surface area contributed by atoms with Gasteiger partial charge in [-0.3, -0.25) is 14.2 Å². The summed E-state index contributed by atoms with van der Waals surface area (Å²) in [6.45, 7) is -0.157. The van der Waals surface area contributed by atoms with Crippen molar-refractivity contribution in [1.29, 1.82) is 0 Å². The number of halogens is 1. The first-order valence-electron chi connectivity index (χ1n) is 8.72. The molecule has 0 aliphatic heterocycles. The number of aromatic nitrogens is 2. The Labute approximate surface area is 178 Å². The van der Waals surface area contributed by atoms with Gasteiger partial charge >= 0.3 is 0 Å². The average Bonchev–Trinajstić information content (AvgIpc) is 3.18. The minimum absolute atomic E-state index is 0.157. The SMILES string of the molecule is O=C(Cn1cnc2sc(-c3ccccc3)cc2c1=O)N/N=C\c1ccc(Br)cc1. The standard InChI is InChI=1S/C21H15BrN4O2S/c22-16-8-6-14(7-9-16)11-24-25-19(27)12-26-13-23-20-17(21(26)28)10-18(29-20)15-4-2-1-3-5-15/h1-11,13H,12H2,(H,25,27)/b24-11-. The fraction of sp³-hybridized carbons (Fsp3) is 0.0476. The fourth-order valence-electron chi connectivity index (χ4n) is 2.73. The highest BCUT2D eigenvalue weighted by Gasteiger charge is 2.12. The van der Waals surface area contributed by atoms with Crippen molar-refractivity contribution < 1.29 is 4.79 Å². The topological polar surface area (TPSA) is 76.3 Å². The molecule has 0 saturated carbocycles. The van der Waals surface area contributed by atoms with E-state index in [2.05, 4.69) is 31.4 Å². The Morgan fingerprint density at radius 2 is 1.93 bits per heavy atom. The van der Waals surface area contributed by atoms with E-state index in [0.717, 1.165) is 20.5 Å². The Hall–Kier alpha value is -3.10. The van der Waals surface area contributed by atoms with Crippen LogP contribution in [0.25, 0.3) is 20.7 Å². The largest absolute Gasteiger partial charge is 0.289 e. The van der Waals surface area contributed by atoms with Gasteiger partial charge in [0.2, 0.25) is 0 Å². The van der Waals surface area contributed by atoms with Crippen molar-refractivity contribution in [1.82, 2.24) is 15.0 Å². The highest BCUT2D eigenvalue weighted by Crippen LogP contribution is 2.30. The molecule has 0 aliphatic rings. The summed E-state index contributed by atoms with van der Waals surface area (Å²) in [5, 5.41) is 4.43. The third-order valence-corrected chi connectivity index (χ3v) is 5.78. The molecule has 0 fully saturated rings. The predicted octanol–water partition coefficient (Wildman–Crippen LogP) is 4.04. The summed E-state index contributed by atoms with van der Waals surface area (Å²) in [5.41, 5.74) is 4.06. The van der Waals surface area contributed by atoms with E-state index in [1.54, 1.807) is 6.21 Å². The number of benzene rings is 2. The molecule has 4 aromatic rings. The number of nitrogens with zero attached hydrogens (tertiary/aromatic N) is 3.